The van der Waals surface area contributed by atoms with Crippen molar-refractivity contribution < 1.29 is 9.59 Å². The first kappa shape index (κ1) is 19.9. The van der Waals surface area contributed by atoms with Gasteiger partial charge in [0.1, 0.15) is 5.82 Å². The first-order chi connectivity index (χ1) is 12.9. The van der Waals surface area contributed by atoms with E-state index < -0.39 is 0 Å². The molecule has 0 saturated heterocycles. The number of hydrogen-bond acceptors (Lipinski definition) is 5. The molecule has 0 aliphatic heterocycles. The summed E-state index contributed by atoms with van der Waals surface area (Å²) in [5.41, 5.74) is 6.31. The van der Waals surface area contributed by atoms with Crippen molar-refractivity contribution in [3.8, 4) is 0 Å². The van der Waals surface area contributed by atoms with Crippen LogP contribution < -0.4 is 11.1 Å². The van der Waals surface area contributed by atoms with E-state index >= 15 is 0 Å². The second-order valence-electron chi connectivity index (χ2n) is 6.61. The molecule has 1 atom stereocenters. The third-order valence-electron chi connectivity index (χ3n) is 4.35. The SMILES string of the molecule is C[C@H](NC(=O)CSc1nnc(C2CC2)n1CCC(N)=O)c1ccc(Br)cc1. The van der Waals surface area contributed by atoms with Gasteiger partial charge in [0.25, 0.3) is 0 Å². The normalized spacial score (nSPS) is 14.7. The van der Waals surface area contributed by atoms with Gasteiger partial charge >= 0.3 is 0 Å². The highest BCUT2D eigenvalue weighted by Crippen LogP contribution is 2.40. The van der Waals surface area contributed by atoms with Gasteiger partial charge in [-0.3, -0.25) is 9.59 Å². The summed E-state index contributed by atoms with van der Waals surface area (Å²) in [6.07, 6.45) is 2.41. The number of nitrogens with zero attached hydrogens (tertiary/aromatic N) is 3. The monoisotopic (exact) mass is 451 g/mol. The topological polar surface area (TPSA) is 103 Å². The van der Waals surface area contributed by atoms with E-state index in [0.29, 0.717) is 17.6 Å². The van der Waals surface area contributed by atoms with Crippen LogP contribution in [-0.2, 0) is 16.1 Å². The van der Waals surface area contributed by atoms with Crippen molar-refractivity contribution in [2.24, 2.45) is 5.73 Å². The fraction of sp³-hybridized carbons (Fsp3) is 0.444. The van der Waals surface area contributed by atoms with Gasteiger partial charge in [0.2, 0.25) is 11.8 Å². The molecule has 0 bridgehead atoms. The average molecular weight is 452 g/mol. The Labute approximate surface area is 170 Å². The highest BCUT2D eigenvalue weighted by atomic mass is 79.9. The summed E-state index contributed by atoms with van der Waals surface area (Å²) >= 11 is 4.74. The van der Waals surface area contributed by atoms with Gasteiger partial charge in [0, 0.05) is 23.4 Å². The van der Waals surface area contributed by atoms with E-state index in [-0.39, 0.29) is 30.0 Å². The quantitative estimate of drug-likeness (QED) is 0.570. The molecule has 1 aromatic heterocycles. The zero-order valence-corrected chi connectivity index (χ0v) is 17.4. The first-order valence-electron chi connectivity index (χ1n) is 8.83. The van der Waals surface area contributed by atoms with Crippen molar-refractivity contribution >= 4 is 39.5 Å². The first-order valence-corrected chi connectivity index (χ1v) is 10.6. The summed E-state index contributed by atoms with van der Waals surface area (Å²) in [6.45, 7) is 2.40. The number of carbonyl (C=O) groups is 2. The maximum atomic E-state index is 12.3. The van der Waals surface area contributed by atoms with Crippen LogP contribution in [0.25, 0.3) is 0 Å². The summed E-state index contributed by atoms with van der Waals surface area (Å²) < 4.78 is 2.93. The lowest BCUT2D eigenvalue weighted by molar-refractivity contribution is -0.119. The Bertz CT molecular complexity index is 820. The molecule has 1 aliphatic carbocycles. The number of thioether (sulfide) groups is 1. The zero-order chi connectivity index (χ0) is 19.4. The van der Waals surface area contributed by atoms with Gasteiger partial charge in [0.15, 0.2) is 5.16 Å². The number of amides is 2. The number of nitrogens with one attached hydrogen (secondary N) is 1. The average Bonchev–Trinajstić information content (AvgIpc) is 3.39. The number of carbonyl (C=O) groups excluding carboxylic acids is 2. The van der Waals surface area contributed by atoms with Gasteiger partial charge in [-0.2, -0.15) is 0 Å². The molecule has 7 nitrogen and oxygen atoms in total. The number of rotatable bonds is 9. The maximum Gasteiger partial charge on any atom is 0.230 e. The van der Waals surface area contributed by atoms with E-state index in [1.54, 1.807) is 0 Å². The molecule has 3 N–H and O–H groups in total. The summed E-state index contributed by atoms with van der Waals surface area (Å²) in [7, 11) is 0. The fourth-order valence-corrected chi connectivity index (χ4v) is 3.78. The van der Waals surface area contributed by atoms with Crippen LogP contribution in [-0.4, -0.2) is 32.3 Å². The van der Waals surface area contributed by atoms with Crippen LogP contribution in [0.3, 0.4) is 0 Å². The van der Waals surface area contributed by atoms with E-state index in [2.05, 4.69) is 31.4 Å². The highest BCUT2D eigenvalue weighted by Gasteiger charge is 2.30. The van der Waals surface area contributed by atoms with E-state index in [1.165, 1.54) is 11.8 Å². The number of aromatic nitrogens is 3. The molecule has 1 aromatic carbocycles. The Morgan fingerprint density at radius 2 is 2.04 bits per heavy atom. The molecule has 9 heteroatoms. The lowest BCUT2D eigenvalue weighted by atomic mass is 10.1. The standard InChI is InChI=1S/C18H22BrN5O2S/c1-11(12-4-6-14(19)7-5-12)21-16(26)10-27-18-23-22-17(13-2-3-13)24(18)9-8-15(20)25/h4-7,11,13H,2-3,8-10H2,1H3,(H2,20,25)(H,21,26)/t11-/m0/s1. The lowest BCUT2D eigenvalue weighted by Crippen LogP contribution is -2.28. The van der Waals surface area contributed by atoms with Gasteiger partial charge in [-0.15, -0.1) is 10.2 Å². The second kappa shape index (κ2) is 8.88. The molecule has 0 radical (unpaired) electrons. The van der Waals surface area contributed by atoms with Gasteiger partial charge < -0.3 is 15.6 Å². The molecule has 27 heavy (non-hydrogen) atoms. The van der Waals surface area contributed by atoms with Crippen LogP contribution in [0, 0.1) is 0 Å². The fourth-order valence-electron chi connectivity index (χ4n) is 2.73. The number of primary amides is 1. The van der Waals surface area contributed by atoms with Gasteiger partial charge in [-0.05, 0) is 37.5 Å². The molecule has 1 saturated carbocycles. The molecular weight excluding hydrogens is 430 g/mol. The predicted octanol–water partition coefficient (Wildman–Crippen LogP) is 2.76. The Balaban J connectivity index is 1.58. The Morgan fingerprint density at radius 3 is 2.67 bits per heavy atom. The van der Waals surface area contributed by atoms with Gasteiger partial charge in [-0.25, -0.2) is 0 Å². The maximum absolute atomic E-state index is 12.3. The van der Waals surface area contributed by atoms with E-state index in [1.807, 2.05) is 35.8 Å². The minimum absolute atomic E-state index is 0.0761. The smallest absolute Gasteiger partial charge is 0.230 e. The highest BCUT2D eigenvalue weighted by molar-refractivity contribution is 9.10. The van der Waals surface area contributed by atoms with Crippen LogP contribution in [0.15, 0.2) is 33.9 Å². The molecule has 1 heterocycles. The summed E-state index contributed by atoms with van der Waals surface area (Å²) in [5.74, 6) is 1.10. The Morgan fingerprint density at radius 1 is 1.33 bits per heavy atom. The van der Waals surface area contributed by atoms with Crippen LogP contribution in [0.1, 0.15) is 49.5 Å². The second-order valence-corrected chi connectivity index (χ2v) is 8.47. The van der Waals surface area contributed by atoms with Gasteiger partial charge in [-0.1, -0.05) is 39.8 Å². The molecule has 144 valence electrons. The number of hydrogen-bond donors (Lipinski definition) is 2. The molecule has 2 amide bonds. The minimum Gasteiger partial charge on any atom is -0.370 e. The molecule has 0 unspecified atom stereocenters. The summed E-state index contributed by atoms with van der Waals surface area (Å²) in [6, 6.07) is 7.77. The molecule has 2 aromatic rings. The molecular formula is C18H22BrN5O2S. The van der Waals surface area contributed by atoms with Crippen molar-refractivity contribution in [1.82, 2.24) is 20.1 Å². The molecule has 1 aliphatic rings. The zero-order valence-electron chi connectivity index (χ0n) is 15.0. The molecule has 3 rings (SSSR count). The largest absolute Gasteiger partial charge is 0.370 e. The van der Waals surface area contributed by atoms with Crippen molar-refractivity contribution in [2.75, 3.05) is 5.75 Å². The molecule has 1 fully saturated rings. The third-order valence-corrected chi connectivity index (χ3v) is 5.85. The van der Waals surface area contributed by atoms with Crippen LogP contribution in [0.2, 0.25) is 0 Å². The van der Waals surface area contributed by atoms with E-state index in [4.69, 9.17) is 5.73 Å². The van der Waals surface area contributed by atoms with Crippen molar-refractivity contribution in [2.45, 2.75) is 49.8 Å². The Kier molecular flexibility index (Phi) is 6.54. The third kappa shape index (κ3) is 5.55. The number of halogens is 1. The lowest BCUT2D eigenvalue weighted by Gasteiger charge is -2.14. The van der Waals surface area contributed by atoms with Crippen LogP contribution >= 0.6 is 27.7 Å². The predicted molar refractivity (Wildman–Crippen MR) is 107 cm³/mol. The van der Waals surface area contributed by atoms with Crippen molar-refractivity contribution in [3.63, 3.8) is 0 Å². The van der Waals surface area contributed by atoms with Crippen LogP contribution in [0.4, 0.5) is 0 Å². The van der Waals surface area contributed by atoms with Gasteiger partial charge in [0.05, 0.1) is 11.8 Å². The summed E-state index contributed by atoms with van der Waals surface area (Å²) in [5, 5.41) is 12.1. The number of benzene rings is 1. The minimum atomic E-state index is -0.359. The summed E-state index contributed by atoms with van der Waals surface area (Å²) in [4.78, 5) is 23.5. The number of nitrogens with two attached hydrogens (primary N) is 1. The van der Waals surface area contributed by atoms with E-state index in [9.17, 15) is 9.59 Å². The molecule has 0 spiro atoms. The Hall–Kier alpha value is -1.87. The van der Waals surface area contributed by atoms with Crippen molar-refractivity contribution in [1.29, 1.82) is 0 Å². The van der Waals surface area contributed by atoms with Crippen molar-refractivity contribution in [3.05, 3.63) is 40.1 Å². The van der Waals surface area contributed by atoms with Crippen LogP contribution in [0.5, 0.6) is 0 Å². The van der Waals surface area contributed by atoms with E-state index in [0.717, 1.165) is 28.7 Å².